The van der Waals surface area contributed by atoms with Crippen LogP contribution >= 0.6 is 11.8 Å². The fourth-order valence-corrected chi connectivity index (χ4v) is 5.28. The number of benzene rings is 4. The molecular weight excluding hydrogens is 710 g/mol. The highest BCUT2D eigenvalue weighted by atomic mass is 32.2. The van der Waals surface area contributed by atoms with Crippen LogP contribution in [0.25, 0.3) is 22.0 Å². The lowest BCUT2D eigenvalue weighted by atomic mass is 10.00. The van der Waals surface area contributed by atoms with Crippen LogP contribution in [-0.2, 0) is 34.5 Å². The number of halogens is 5. The van der Waals surface area contributed by atoms with Crippen LogP contribution in [0, 0.1) is 18.6 Å². The molecule has 2 heterocycles. The van der Waals surface area contributed by atoms with Gasteiger partial charge in [0.05, 0.1) is 47.4 Å². The number of ether oxygens (including phenoxy) is 1. The largest absolute Gasteiger partial charge is 0.416 e. The maximum Gasteiger partial charge on any atom is 0.416 e. The Balaban J connectivity index is 1.80. The highest BCUT2D eigenvalue weighted by Crippen LogP contribution is 2.32. The first-order valence-electron chi connectivity index (χ1n) is 28.7. The van der Waals surface area contributed by atoms with Gasteiger partial charge in [-0.1, -0.05) is 59.9 Å². The Labute approximate surface area is 348 Å². The third-order valence-corrected chi connectivity index (χ3v) is 7.82. The zero-order chi connectivity index (χ0) is 62.4. The van der Waals surface area contributed by atoms with Crippen LogP contribution in [0.2, 0.25) is 0 Å². The van der Waals surface area contributed by atoms with Gasteiger partial charge in [0.25, 0.3) is 0 Å². The normalized spacial score (nSPS) is 26.7. The second-order valence-corrected chi connectivity index (χ2v) is 11.4. The molecule has 12 heteroatoms. The van der Waals surface area contributed by atoms with Gasteiger partial charge in [0.1, 0.15) is 6.54 Å². The summed E-state index contributed by atoms with van der Waals surface area (Å²) in [6.45, 7) is -19.9. The average Bonchev–Trinajstić information content (AvgIpc) is 3.33. The Hall–Kier alpha value is -4.52. The molecule has 1 aromatic heterocycles. The first-order valence-corrected chi connectivity index (χ1v) is 15.7. The van der Waals surface area contributed by atoms with E-state index in [2.05, 4.69) is 0 Å². The third-order valence-electron chi connectivity index (χ3n) is 6.79. The molecule has 6 rings (SSSR count). The van der Waals surface area contributed by atoms with Crippen LogP contribution in [-0.4, -0.2) is 59.5 Å². The average molecular weight is 778 g/mol. The SMILES string of the molecule is [2H]c1c([2H])c(F)c(F)c(CSc2c([2H])c(=O)c3c([2H])c(C)c([2H])c([2H])c3n2CC(=O)N(C([2H])([2H])c2c([2H])c([2H])c(-c3c([2H])c([2H])c(C(F)(F)F)c([2H])c3[2H])c([2H])c2[2H])C2([2H])C([2H])([2H])C([2H])([2H])N(C([2H])([2H])COC)C([2H])([2H])C2([2H])[2H])c1[2H]. The van der Waals surface area contributed by atoms with E-state index in [0.29, 0.717) is 0 Å². The summed E-state index contributed by atoms with van der Waals surface area (Å²) < 4.78 is 325. The van der Waals surface area contributed by atoms with E-state index in [9.17, 15) is 32.0 Å². The van der Waals surface area contributed by atoms with Gasteiger partial charge in [0, 0.05) is 75.6 Å². The molecule has 278 valence electrons. The minimum Gasteiger partial charge on any atom is -0.383 e. The standard InChI is InChI=1S/C41H40F5N3O3S/c1-27-6-15-36-34(22-27)37(50)23-39(53-26-31-4-3-5-35(42)40(31)43)49(36)25-38(51)48(33-16-18-47(19-17-33)20-21-52-2)24-28-7-9-29(10-8-28)30-11-13-32(14-12-30)41(44,45)46/h3-15,22-23,33H,16-21,24-26H2,1-2H3/i3D,4D,5D,6D,7D,8D,9D,10D,11D,12D,13D,14D,15D,16D2,17D2,18D2,19D2,20D2,22D,23D,24D2,33D. The lowest BCUT2D eigenvalue weighted by molar-refractivity contribution is -0.137. The van der Waals surface area contributed by atoms with E-state index in [0.717, 1.165) is 14.0 Å². The van der Waals surface area contributed by atoms with Crippen molar-refractivity contribution in [3.63, 3.8) is 0 Å². The van der Waals surface area contributed by atoms with Gasteiger partial charge < -0.3 is 19.1 Å². The van der Waals surface area contributed by atoms with Crippen LogP contribution < -0.4 is 5.43 Å². The van der Waals surface area contributed by atoms with Gasteiger partial charge in [-0.25, -0.2) is 8.78 Å². The molecule has 0 spiro atoms. The van der Waals surface area contributed by atoms with E-state index < -0.39 is 243 Å². The van der Waals surface area contributed by atoms with Gasteiger partial charge in [0.2, 0.25) is 5.91 Å². The van der Waals surface area contributed by atoms with Crippen LogP contribution in [0.15, 0.2) is 100 Å². The van der Waals surface area contributed by atoms with E-state index in [1.165, 1.54) is 0 Å². The monoisotopic (exact) mass is 777 g/mol. The third kappa shape index (κ3) is 9.17. The summed E-state index contributed by atoms with van der Waals surface area (Å²) in [5.41, 5.74) is -11.0. The van der Waals surface area contributed by atoms with Crippen molar-refractivity contribution in [1.29, 1.82) is 0 Å². The molecule has 0 unspecified atom stereocenters. The Morgan fingerprint density at radius 1 is 1.02 bits per heavy atom. The number of thioether (sulfide) groups is 1. The summed E-state index contributed by atoms with van der Waals surface area (Å²) in [5.74, 6) is -7.54. The number of likely N-dealkylation sites (tertiary alicyclic amines) is 1. The number of pyridine rings is 1. The smallest absolute Gasteiger partial charge is 0.383 e. The van der Waals surface area contributed by atoms with E-state index in [1.807, 2.05) is 0 Å². The van der Waals surface area contributed by atoms with Gasteiger partial charge in [-0.2, -0.15) is 13.2 Å². The van der Waals surface area contributed by atoms with Crippen LogP contribution in [0.1, 0.15) is 73.4 Å². The Morgan fingerprint density at radius 2 is 1.70 bits per heavy atom. The molecule has 1 saturated heterocycles. The number of carbonyl (C=O) groups excluding carboxylic acids is 1. The second kappa shape index (κ2) is 16.7. The molecule has 1 amide bonds. The Bertz CT molecular complexity index is 3470. The van der Waals surface area contributed by atoms with Crippen LogP contribution in [0.3, 0.4) is 0 Å². The molecule has 0 atom stereocenters. The first-order chi connectivity index (χ1) is 36.6. The van der Waals surface area contributed by atoms with Crippen molar-refractivity contribution in [2.45, 2.75) is 55.7 Å². The number of fused-ring (bicyclic) bond motifs is 1. The van der Waals surface area contributed by atoms with Crippen molar-refractivity contribution in [1.82, 2.24) is 14.4 Å². The first kappa shape index (κ1) is 16.5. The summed E-state index contributed by atoms with van der Waals surface area (Å²) in [6, 6.07) is -27.2. The van der Waals surface area contributed by atoms with Gasteiger partial charge in [-0.05, 0) is 66.6 Å². The van der Waals surface area contributed by atoms with Crippen molar-refractivity contribution in [2.24, 2.45) is 0 Å². The molecule has 0 N–H and O–H groups in total. The molecule has 0 radical (unpaired) electrons. The van der Waals surface area contributed by atoms with E-state index in [4.69, 9.17) is 33.5 Å². The van der Waals surface area contributed by atoms with Crippen LogP contribution in [0.4, 0.5) is 22.0 Å². The fraction of sp³-hybridized carbons (Fsp3) is 0.317. The molecule has 1 aliphatic heterocycles. The second-order valence-electron chi connectivity index (χ2n) is 10.4. The Morgan fingerprint density at radius 3 is 2.36 bits per heavy atom. The van der Waals surface area contributed by atoms with Crippen molar-refractivity contribution < 1.29 is 69.9 Å². The zero-order valence-electron chi connectivity index (χ0n) is 55.0. The van der Waals surface area contributed by atoms with Gasteiger partial charge >= 0.3 is 6.18 Å². The summed E-state index contributed by atoms with van der Waals surface area (Å²) in [4.78, 5) is 28.2. The number of methoxy groups -OCH3 is 1. The minimum absolute atomic E-state index is 0.0249. The topological polar surface area (TPSA) is 54.8 Å². The highest BCUT2D eigenvalue weighted by Gasteiger charge is 2.31. The minimum atomic E-state index is -5.57. The van der Waals surface area contributed by atoms with Crippen LogP contribution in [0.5, 0.6) is 0 Å². The lowest BCUT2D eigenvalue weighted by Gasteiger charge is -2.39. The number of alkyl halides is 3. The van der Waals surface area contributed by atoms with Gasteiger partial charge in [0.15, 0.2) is 17.1 Å². The quantitative estimate of drug-likeness (QED) is 0.0938. The molecule has 6 nitrogen and oxygen atoms in total. The van der Waals surface area contributed by atoms with Crippen molar-refractivity contribution >= 4 is 28.6 Å². The van der Waals surface area contributed by atoms with Crippen molar-refractivity contribution in [2.75, 3.05) is 33.2 Å². The molecule has 5 aromatic rings. The van der Waals surface area contributed by atoms with E-state index in [-0.39, 0.29) is 16.3 Å². The fourth-order valence-electron chi connectivity index (χ4n) is 4.33. The number of amides is 1. The summed E-state index contributed by atoms with van der Waals surface area (Å²) in [5, 5.41) is -2.10. The lowest BCUT2D eigenvalue weighted by Crippen LogP contribution is -2.48. The molecule has 1 aliphatic rings. The molecule has 1 fully saturated rings. The van der Waals surface area contributed by atoms with E-state index in [1.54, 1.807) is 0 Å². The summed E-state index contributed by atoms with van der Waals surface area (Å²) in [6.07, 6.45) is -15.2. The number of carbonyl (C=O) groups is 1. The Kier molecular flexibility index (Phi) is 5.17. The number of nitrogens with zero attached hydrogens (tertiary/aromatic N) is 3. The molecule has 4 aromatic carbocycles. The van der Waals surface area contributed by atoms with Gasteiger partial charge in [-0.3, -0.25) is 9.59 Å². The van der Waals surface area contributed by atoms with Crippen molar-refractivity contribution in [3.05, 3.63) is 135 Å². The predicted octanol–water partition coefficient (Wildman–Crippen LogP) is 8.71. The predicted molar refractivity (Wildman–Crippen MR) is 198 cm³/mol. The number of piperidine rings is 1. The number of hydrogen-bond donors (Lipinski definition) is 0. The maximum atomic E-state index is 15.8. The number of aromatic nitrogens is 1. The van der Waals surface area contributed by atoms with Crippen molar-refractivity contribution in [3.8, 4) is 11.1 Å². The molecule has 0 bridgehead atoms. The zero-order valence-corrected chi connectivity index (χ0v) is 27.8. The maximum absolute atomic E-state index is 15.8. The molecule has 53 heavy (non-hydrogen) atoms. The van der Waals surface area contributed by atoms with E-state index >= 15 is 9.18 Å². The number of hydrogen-bond acceptors (Lipinski definition) is 5. The molecule has 0 aliphatic carbocycles. The highest BCUT2D eigenvalue weighted by molar-refractivity contribution is 7.98. The summed E-state index contributed by atoms with van der Waals surface area (Å²) in [7, 11) is 0.793. The van der Waals surface area contributed by atoms with Gasteiger partial charge in [-0.15, -0.1) is 11.8 Å². The molecular formula is C41H40F5N3O3S. The molecule has 0 saturated carbocycles. The summed E-state index contributed by atoms with van der Waals surface area (Å²) >= 11 is -0.0249. The number of rotatable bonds is 12.